The Bertz CT molecular complexity index is 637. The number of carbonyl (C=O) groups excluding carboxylic acids is 1. The van der Waals surface area contributed by atoms with Gasteiger partial charge in [-0.05, 0) is 75.0 Å². The van der Waals surface area contributed by atoms with Gasteiger partial charge in [-0.3, -0.25) is 4.79 Å². The Morgan fingerprint density at radius 3 is 1.31 bits per heavy atom. The van der Waals surface area contributed by atoms with Gasteiger partial charge in [-0.15, -0.1) is 6.58 Å². The average Bonchev–Trinajstić information content (AvgIpc) is 3.01. The number of hydrogen-bond donors (Lipinski definition) is 0. The van der Waals surface area contributed by atoms with Crippen molar-refractivity contribution in [1.82, 2.24) is 0 Å². The van der Waals surface area contributed by atoms with E-state index in [4.69, 9.17) is 0 Å². The van der Waals surface area contributed by atoms with Crippen LogP contribution in [0.1, 0.15) is 243 Å². The predicted octanol–water partition coefficient (Wildman–Crippen LogP) is 17.1. The van der Waals surface area contributed by atoms with Crippen LogP contribution in [0.5, 0.6) is 0 Å². The summed E-state index contributed by atoms with van der Waals surface area (Å²) in [6.45, 7) is 32.9. The lowest BCUT2D eigenvalue weighted by molar-refractivity contribution is -0.120. The van der Waals surface area contributed by atoms with Gasteiger partial charge < -0.3 is 0 Å². The summed E-state index contributed by atoms with van der Waals surface area (Å²) in [5.41, 5.74) is 2.81. The van der Waals surface area contributed by atoms with Crippen molar-refractivity contribution in [3.05, 3.63) is 24.3 Å². The molecule has 0 aliphatic rings. The number of hydrogen-bond acceptors (Lipinski definition) is 1. The van der Waals surface area contributed by atoms with Gasteiger partial charge in [-0.1, -0.05) is 203 Å². The zero-order valence-corrected chi connectivity index (χ0v) is 35.6. The van der Waals surface area contributed by atoms with Crippen LogP contribution in [0.3, 0.4) is 0 Å². The maximum absolute atomic E-state index is 12.2. The van der Waals surface area contributed by atoms with Crippen LogP contribution in [0, 0.1) is 29.6 Å². The Hall–Kier alpha value is -0.850. The fourth-order valence-corrected chi connectivity index (χ4v) is 6.60. The number of Topliss-reactive ketones (excluding diaryl/α,β-unsaturated/α-hetero) is 1. The molecule has 0 radical (unpaired) electrons. The van der Waals surface area contributed by atoms with E-state index in [0.29, 0.717) is 11.7 Å². The van der Waals surface area contributed by atoms with E-state index in [0.717, 1.165) is 42.9 Å². The first-order chi connectivity index (χ1) is 22.9. The van der Waals surface area contributed by atoms with Crippen molar-refractivity contribution in [3.63, 3.8) is 0 Å². The van der Waals surface area contributed by atoms with Crippen LogP contribution < -0.4 is 0 Å². The number of allylic oxidation sites excluding steroid dienone is 2. The summed E-state index contributed by atoms with van der Waals surface area (Å²) >= 11 is 0. The summed E-state index contributed by atoms with van der Waals surface area (Å²) in [7, 11) is 0. The second-order valence-corrected chi connectivity index (χ2v) is 16.7. The molecule has 1 nitrogen and oxygen atoms in total. The zero-order valence-electron chi connectivity index (χ0n) is 35.6. The maximum Gasteiger partial charge on any atom is 0.133 e. The monoisotopic (exact) mass is 675 g/mol. The molecule has 0 saturated heterocycles. The van der Waals surface area contributed by atoms with Crippen molar-refractivity contribution >= 4 is 5.78 Å². The van der Waals surface area contributed by atoms with Crippen LogP contribution in [-0.4, -0.2) is 5.78 Å². The minimum atomic E-state index is 0.503. The molecule has 0 bridgehead atoms. The quantitative estimate of drug-likeness (QED) is 0.0513. The van der Waals surface area contributed by atoms with Crippen LogP contribution in [0.2, 0.25) is 0 Å². The van der Waals surface area contributed by atoms with Crippen LogP contribution in [0.25, 0.3) is 0 Å². The zero-order chi connectivity index (χ0) is 37.0. The topological polar surface area (TPSA) is 17.1 Å². The molecule has 3 unspecified atom stereocenters. The highest BCUT2D eigenvalue weighted by Gasteiger charge is 2.10. The first kappa shape index (κ1) is 51.5. The predicted molar refractivity (Wildman–Crippen MR) is 223 cm³/mol. The minimum Gasteiger partial charge on any atom is -0.300 e. The number of carbonyl (C=O) groups is 1. The molecule has 0 N–H and O–H groups in total. The highest BCUT2D eigenvalue weighted by atomic mass is 16.1. The van der Waals surface area contributed by atoms with E-state index in [9.17, 15) is 4.79 Å². The molecule has 0 spiro atoms. The molecule has 1 heteroatoms. The summed E-state index contributed by atoms with van der Waals surface area (Å²) in [4.78, 5) is 12.2. The lowest BCUT2D eigenvalue weighted by atomic mass is 9.92. The van der Waals surface area contributed by atoms with Crippen molar-refractivity contribution in [2.75, 3.05) is 0 Å². The van der Waals surface area contributed by atoms with Gasteiger partial charge in [0, 0.05) is 12.8 Å². The van der Waals surface area contributed by atoms with E-state index in [1.54, 1.807) is 0 Å². The molecule has 48 heavy (non-hydrogen) atoms. The Morgan fingerprint density at radius 1 is 0.458 bits per heavy atom. The largest absolute Gasteiger partial charge is 0.300 e. The summed E-state index contributed by atoms with van der Waals surface area (Å²) in [5, 5.41) is 0. The van der Waals surface area contributed by atoms with Crippen LogP contribution in [0.15, 0.2) is 24.3 Å². The van der Waals surface area contributed by atoms with Crippen molar-refractivity contribution in [3.8, 4) is 0 Å². The van der Waals surface area contributed by atoms with E-state index in [-0.39, 0.29) is 0 Å². The second kappa shape index (κ2) is 38.9. The molecule has 3 atom stereocenters. The number of rotatable bonds is 32. The molecule has 0 aromatic heterocycles. The Labute approximate surface area is 306 Å². The normalized spacial score (nSPS) is 12.9. The molecule has 288 valence electrons. The van der Waals surface area contributed by atoms with Crippen molar-refractivity contribution < 1.29 is 4.79 Å². The molecule has 0 amide bonds. The van der Waals surface area contributed by atoms with Gasteiger partial charge >= 0.3 is 0 Å². The third-order valence-corrected chi connectivity index (χ3v) is 9.76. The van der Waals surface area contributed by atoms with E-state index < -0.39 is 0 Å². The summed E-state index contributed by atoms with van der Waals surface area (Å²) in [5.74, 6) is 4.40. The average molecular weight is 675 g/mol. The van der Waals surface area contributed by atoms with Crippen LogP contribution in [0.4, 0.5) is 0 Å². The van der Waals surface area contributed by atoms with Gasteiger partial charge in [-0.2, -0.15) is 0 Å². The van der Waals surface area contributed by atoms with Gasteiger partial charge in [0.1, 0.15) is 5.78 Å². The molecule has 0 aliphatic carbocycles. The highest BCUT2D eigenvalue weighted by Crippen LogP contribution is 2.23. The van der Waals surface area contributed by atoms with Crippen molar-refractivity contribution in [2.45, 2.75) is 243 Å². The molecule has 0 aliphatic heterocycles. The third kappa shape index (κ3) is 45.2. The van der Waals surface area contributed by atoms with E-state index >= 15 is 0 Å². The minimum absolute atomic E-state index is 0.503. The maximum atomic E-state index is 12.2. The summed E-state index contributed by atoms with van der Waals surface area (Å²) in [6.07, 6.45) is 33.4. The molecule has 0 fully saturated rings. The Balaban J connectivity index is -0.00000175. The molecule has 0 saturated carbocycles. The summed E-state index contributed by atoms with van der Waals surface area (Å²) < 4.78 is 0. The van der Waals surface area contributed by atoms with Crippen LogP contribution in [-0.2, 0) is 4.79 Å². The van der Waals surface area contributed by atoms with E-state index in [1.807, 2.05) is 13.8 Å². The molecule has 0 rings (SSSR count). The van der Waals surface area contributed by atoms with Crippen molar-refractivity contribution in [1.29, 1.82) is 0 Å². The van der Waals surface area contributed by atoms with Crippen LogP contribution >= 0.6 is 0 Å². The molecule has 0 aromatic rings. The van der Waals surface area contributed by atoms with E-state index in [2.05, 4.69) is 75.5 Å². The lowest BCUT2D eigenvalue weighted by Crippen LogP contribution is -2.06. The Kier molecular flexibility index (Phi) is 41.8. The molecule has 0 aromatic carbocycles. The fraction of sp³-hybridized carbons (Fsp3) is 0.894. The van der Waals surface area contributed by atoms with Gasteiger partial charge in [0.25, 0.3) is 0 Å². The van der Waals surface area contributed by atoms with Crippen molar-refractivity contribution in [2.24, 2.45) is 29.6 Å². The number of unbranched alkanes of at least 4 members (excludes halogenated alkanes) is 10. The first-order valence-electron chi connectivity index (χ1n) is 21.7. The van der Waals surface area contributed by atoms with E-state index in [1.165, 1.54) is 159 Å². The summed E-state index contributed by atoms with van der Waals surface area (Å²) in [6, 6.07) is 0. The Morgan fingerprint density at radius 2 is 0.854 bits per heavy atom. The van der Waals surface area contributed by atoms with Gasteiger partial charge in [-0.25, -0.2) is 0 Å². The first-order valence-corrected chi connectivity index (χ1v) is 21.7. The van der Waals surface area contributed by atoms with Gasteiger partial charge in [0.05, 0.1) is 0 Å². The fourth-order valence-electron chi connectivity index (χ4n) is 6.60. The lowest BCUT2D eigenvalue weighted by Gasteiger charge is -2.14. The SMILES string of the molecule is C=C(C)CCCCC.C=C(CCCCCCCC(C)CCCCCCCC(=O)CC(C)CCCC(C)C)CC(C)CCCC(C)C.CC. The standard InChI is InChI=1S/C37H72O.C8H16.C2H6/c1-31(2)21-19-26-35(7)29-34(6)25-17-13-9-11-15-23-33(5)24-16-12-10-14-18-28-37(38)30-36(8)27-20-22-32(3)4;1-4-5-6-7-8(2)3;1-2/h31-33,35-36H,6,9-30H2,1-5,7-8H3;2,4-7H2,1,3H3;1-2H3. The number of ketones is 1. The third-order valence-electron chi connectivity index (χ3n) is 9.76. The molecular formula is C47H94O. The molecular weight excluding hydrogens is 581 g/mol. The molecule has 0 heterocycles. The second-order valence-electron chi connectivity index (χ2n) is 16.7. The highest BCUT2D eigenvalue weighted by molar-refractivity contribution is 5.78. The van der Waals surface area contributed by atoms with Gasteiger partial charge in [0.2, 0.25) is 0 Å². The smallest absolute Gasteiger partial charge is 0.133 e. The van der Waals surface area contributed by atoms with Gasteiger partial charge in [0.15, 0.2) is 0 Å².